The highest BCUT2D eigenvalue weighted by molar-refractivity contribution is 6.14. The largest absolute Gasteiger partial charge is 0.309 e. The van der Waals surface area contributed by atoms with Gasteiger partial charge in [-0.3, -0.25) is 9.97 Å². The van der Waals surface area contributed by atoms with Crippen molar-refractivity contribution in [2.24, 2.45) is 0 Å². The second-order valence-electron chi connectivity index (χ2n) is 28.4. The number of nitrogens with zero attached hydrogens (tertiary/aromatic N) is 9. The molecule has 0 aliphatic carbocycles. The van der Waals surface area contributed by atoms with Gasteiger partial charge in [0.25, 0.3) is 0 Å². The molecule has 0 bridgehead atoms. The van der Waals surface area contributed by atoms with E-state index in [1.54, 1.807) is 0 Å². The lowest BCUT2D eigenvalue weighted by atomic mass is 9.99. The summed E-state index contributed by atoms with van der Waals surface area (Å²) in [6.45, 7) is 0. The standard InChI is InChI=1S/C52H34N4.C51H33N5/c1-4-14-35(15-5-1)46-32-40(33-47(54-46)36-16-6-2-7-17-36)37-18-12-21-42(30-37)56-49-28-26-38(31-45(49)52-50(56)24-13-29-53-52)39-25-27-44-43-22-10-11-23-48(43)55(51(44)34-39)41-19-8-3-9-20-41;1-4-14-34(15-5-1)44-33-45(35-16-6-2-7-17-35)54-51(53-44)38-18-12-21-40(30-38)56-47-28-26-36(31-43(47)50-48(56)24-13-29-52-50)37-25-27-42-41-22-10-11-23-46(41)55(49(42)32-37)39-19-8-3-9-20-39/h1-34H;1-33H. The Morgan fingerprint density at radius 3 is 0.920 bits per heavy atom. The fourth-order valence-electron chi connectivity index (χ4n) is 16.5. The summed E-state index contributed by atoms with van der Waals surface area (Å²) in [4.78, 5) is 25.3. The maximum atomic E-state index is 5.12. The van der Waals surface area contributed by atoms with Gasteiger partial charge >= 0.3 is 0 Å². The summed E-state index contributed by atoms with van der Waals surface area (Å²) in [6.07, 6.45) is 3.78. The maximum Gasteiger partial charge on any atom is 0.160 e. The molecule has 0 radical (unpaired) electrons. The minimum atomic E-state index is 0.677. The van der Waals surface area contributed by atoms with Crippen LogP contribution in [0, 0.1) is 0 Å². The summed E-state index contributed by atoms with van der Waals surface area (Å²) in [5, 5.41) is 7.20. The molecule has 8 heterocycles. The molecule has 8 aromatic heterocycles. The lowest BCUT2D eigenvalue weighted by molar-refractivity contribution is 1.15. The van der Waals surface area contributed by atoms with E-state index in [0.717, 1.165) is 145 Å². The maximum absolute atomic E-state index is 5.12. The van der Waals surface area contributed by atoms with Crippen molar-refractivity contribution in [3.63, 3.8) is 0 Å². The van der Waals surface area contributed by atoms with Crippen molar-refractivity contribution in [2.75, 3.05) is 0 Å². The molecule has 112 heavy (non-hydrogen) atoms. The molecule has 22 rings (SSSR count). The highest BCUT2D eigenvalue weighted by Gasteiger charge is 2.22. The Labute approximate surface area is 645 Å². The summed E-state index contributed by atoms with van der Waals surface area (Å²) in [7, 11) is 0. The Morgan fingerprint density at radius 2 is 0.473 bits per heavy atom. The number of pyridine rings is 3. The van der Waals surface area contributed by atoms with Crippen LogP contribution in [-0.4, -0.2) is 43.2 Å². The molecular formula is C103H67N9. The van der Waals surface area contributed by atoms with Crippen LogP contribution in [0.5, 0.6) is 0 Å². The molecular weight excluding hydrogens is 1360 g/mol. The lowest BCUT2D eigenvalue weighted by Crippen LogP contribution is -1.98. The summed E-state index contributed by atoms with van der Waals surface area (Å²) in [5.74, 6) is 0.677. The smallest absolute Gasteiger partial charge is 0.160 e. The molecule has 0 saturated carbocycles. The Balaban J connectivity index is 0.000000141. The van der Waals surface area contributed by atoms with Crippen molar-refractivity contribution in [1.82, 2.24) is 43.2 Å². The van der Waals surface area contributed by atoms with Crippen LogP contribution in [0.2, 0.25) is 0 Å². The van der Waals surface area contributed by atoms with Crippen molar-refractivity contribution in [3.05, 3.63) is 407 Å². The molecule has 22 aromatic rings. The van der Waals surface area contributed by atoms with Gasteiger partial charge in [-0.15, -0.1) is 0 Å². The molecule has 0 fully saturated rings. The summed E-state index contributed by atoms with van der Waals surface area (Å²) >= 11 is 0. The van der Waals surface area contributed by atoms with Crippen molar-refractivity contribution in [3.8, 4) is 113 Å². The number of hydrogen-bond acceptors (Lipinski definition) is 5. The molecule has 0 aliphatic heterocycles. The van der Waals surface area contributed by atoms with Gasteiger partial charge in [-0.2, -0.15) is 0 Å². The summed E-state index contributed by atoms with van der Waals surface area (Å²) in [6, 6.07) is 140. The Bertz CT molecular complexity index is 6790. The molecule has 0 atom stereocenters. The van der Waals surface area contributed by atoms with Crippen molar-refractivity contribution >= 4 is 87.5 Å². The quantitative estimate of drug-likeness (QED) is 0.122. The fourth-order valence-corrected chi connectivity index (χ4v) is 16.5. The first-order valence-corrected chi connectivity index (χ1v) is 37.8. The molecule has 524 valence electrons. The Hall–Kier alpha value is -15.2. The number of hydrogen-bond donors (Lipinski definition) is 0. The van der Waals surface area contributed by atoms with Crippen LogP contribution < -0.4 is 0 Å². The van der Waals surface area contributed by atoms with Crippen LogP contribution in [0.3, 0.4) is 0 Å². The zero-order chi connectivity index (χ0) is 74.0. The number of fused-ring (bicyclic) bond motifs is 12. The molecule has 0 saturated heterocycles. The van der Waals surface area contributed by atoms with Crippen LogP contribution >= 0.6 is 0 Å². The third-order valence-electron chi connectivity index (χ3n) is 21.7. The third kappa shape index (κ3) is 11.5. The van der Waals surface area contributed by atoms with E-state index >= 15 is 0 Å². The minimum absolute atomic E-state index is 0.677. The molecule has 9 heteroatoms. The number of aromatic nitrogens is 9. The van der Waals surface area contributed by atoms with Crippen molar-refractivity contribution in [1.29, 1.82) is 0 Å². The topological polar surface area (TPSA) is 84.2 Å². The summed E-state index contributed by atoms with van der Waals surface area (Å²) in [5.41, 5.74) is 31.2. The van der Waals surface area contributed by atoms with Gasteiger partial charge in [0, 0.05) is 95.3 Å². The monoisotopic (exact) mass is 1430 g/mol. The van der Waals surface area contributed by atoms with E-state index in [2.05, 4.69) is 352 Å². The van der Waals surface area contributed by atoms with Crippen molar-refractivity contribution < 1.29 is 0 Å². The molecule has 0 amide bonds. The van der Waals surface area contributed by atoms with E-state index in [1.165, 1.54) is 49.2 Å². The van der Waals surface area contributed by atoms with Crippen molar-refractivity contribution in [2.45, 2.75) is 0 Å². The van der Waals surface area contributed by atoms with Gasteiger partial charge in [0.15, 0.2) is 5.82 Å². The second kappa shape index (κ2) is 27.5. The SMILES string of the molecule is c1ccc(-c2cc(-c3cccc(-n4c5ccc(-c6ccc7c8ccccc8n(-c8ccccc8)c7c6)cc5c5ncccc54)c3)cc(-c3ccccc3)n2)cc1.c1ccc(-c2cc(-c3ccccc3)nc(-c3cccc(-n4c5ccc(-c6ccc7c8ccccc8n(-c8ccccc8)c7c6)cc5c5ncccc54)c3)n2)cc1. The molecule has 0 unspecified atom stereocenters. The zero-order valence-corrected chi connectivity index (χ0v) is 60.7. The molecule has 0 aliphatic rings. The first-order chi connectivity index (χ1) is 55.5. The molecule has 9 nitrogen and oxygen atoms in total. The highest BCUT2D eigenvalue weighted by atomic mass is 15.0. The van der Waals surface area contributed by atoms with Gasteiger partial charge in [-0.1, -0.05) is 255 Å². The highest BCUT2D eigenvalue weighted by Crippen LogP contribution is 2.43. The number of para-hydroxylation sites is 4. The second-order valence-corrected chi connectivity index (χ2v) is 28.4. The van der Waals surface area contributed by atoms with Gasteiger partial charge in [0.1, 0.15) is 0 Å². The van der Waals surface area contributed by atoms with Gasteiger partial charge in [0.2, 0.25) is 0 Å². The average molecular weight is 1430 g/mol. The average Bonchev–Trinajstić information content (AvgIpc) is 1.60. The Kier molecular flexibility index (Phi) is 16.0. The minimum Gasteiger partial charge on any atom is -0.309 e. The van der Waals surface area contributed by atoms with E-state index in [-0.39, 0.29) is 0 Å². The van der Waals surface area contributed by atoms with Gasteiger partial charge in [-0.25, -0.2) is 15.0 Å². The van der Waals surface area contributed by atoms with Crippen LogP contribution in [-0.2, 0) is 0 Å². The van der Waals surface area contributed by atoms with E-state index in [1.807, 2.05) is 73.1 Å². The normalized spacial score (nSPS) is 11.6. The predicted octanol–water partition coefficient (Wildman–Crippen LogP) is 26.1. The zero-order valence-electron chi connectivity index (χ0n) is 60.7. The van der Waals surface area contributed by atoms with E-state index < -0.39 is 0 Å². The van der Waals surface area contributed by atoms with Crippen LogP contribution in [0.4, 0.5) is 0 Å². The lowest BCUT2D eigenvalue weighted by Gasteiger charge is -2.13. The van der Waals surface area contributed by atoms with E-state index in [9.17, 15) is 0 Å². The number of benzene rings is 14. The van der Waals surface area contributed by atoms with Crippen LogP contribution in [0.1, 0.15) is 0 Å². The van der Waals surface area contributed by atoms with Crippen LogP contribution in [0.15, 0.2) is 407 Å². The molecule has 0 spiro atoms. The molecule has 0 N–H and O–H groups in total. The first-order valence-electron chi connectivity index (χ1n) is 37.8. The number of rotatable bonds is 12. The summed E-state index contributed by atoms with van der Waals surface area (Å²) < 4.78 is 9.40. The Morgan fingerprint density at radius 1 is 0.161 bits per heavy atom. The van der Waals surface area contributed by atoms with E-state index in [4.69, 9.17) is 24.9 Å². The third-order valence-corrected chi connectivity index (χ3v) is 21.7. The van der Waals surface area contributed by atoms with E-state index in [0.29, 0.717) is 5.82 Å². The predicted molar refractivity (Wildman–Crippen MR) is 463 cm³/mol. The van der Waals surface area contributed by atoms with Gasteiger partial charge in [0.05, 0.1) is 77.9 Å². The van der Waals surface area contributed by atoms with Gasteiger partial charge in [-0.05, 0) is 173 Å². The van der Waals surface area contributed by atoms with Crippen LogP contribution in [0.25, 0.3) is 200 Å². The molecule has 14 aromatic carbocycles. The first kappa shape index (κ1) is 65.1. The van der Waals surface area contributed by atoms with Gasteiger partial charge < -0.3 is 18.3 Å². The fraction of sp³-hybridized carbons (Fsp3) is 0.